The van der Waals surface area contributed by atoms with Crippen molar-refractivity contribution >= 4 is 28.7 Å². The van der Waals surface area contributed by atoms with Crippen LogP contribution in [-0.2, 0) is 4.79 Å². The minimum absolute atomic E-state index is 0.277. The lowest BCUT2D eigenvalue weighted by molar-refractivity contribution is -0.117. The van der Waals surface area contributed by atoms with Gasteiger partial charge in [-0.3, -0.25) is 14.4 Å². The van der Waals surface area contributed by atoms with Crippen LogP contribution in [0.5, 0.6) is 11.5 Å². The summed E-state index contributed by atoms with van der Waals surface area (Å²) in [6.45, 7) is -0.280. The van der Waals surface area contributed by atoms with Crippen LogP contribution < -0.4 is 20.5 Å². The molecule has 0 spiro atoms. The number of amides is 2. The molecule has 2 aromatic carbocycles. The maximum atomic E-state index is 12.7. The molecule has 2 amide bonds. The van der Waals surface area contributed by atoms with Gasteiger partial charge in [-0.15, -0.1) is 0 Å². The number of thioether (sulfide) groups is 1. The van der Waals surface area contributed by atoms with Gasteiger partial charge in [-0.25, -0.2) is 0 Å². The monoisotopic (exact) mass is 374 g/mol. The Hall–Kier alpha value is -3.00. The third-order valence-electron chi connectivity index (χ3n) is 3.39. The Morgan fingerprint density at radius 3 is 2.42 bits per heavy atom. The lowest BCUT2D eigenvalue weighted by atomic mass is 10.2. The van der Waals surface area contributed by atoms with Gasteiger partial charge in [0, 0.05) is 11.0 Å². The maximum absolute atomic E-state index is 12.7. The van der Waals surface area contributed by atoms with E-state index in [0.29, 0.717) is 22.0 Å². The van der Waals surface area contributed by atoms with E-state index in [2.05, 4.69) is 5.32 Å². The molecule has 0 aliphatic carbocycles. The largest absolute Gasteiger partial charge is 0.497 e. The van der Waals surface area contributed by atoms with Crippen LogP contribution in [0.3, 0.4) is 0 Å². The molecule has 3 N–H and O–H groups in total. The molecule has 0 unspecified atom stereocenters. The van der Waals surface area contributed by atoms with E-state index in [1.54, 1.807) is 42.5 Å². The van der Waals surface area contributed by atoms with Gasteiger partial charge in [0.25, 0.3) is 5.91 Å². The molecule has 7 nitrogen and oxygen atoms in total. The summed E-state index contributed by atoms with van der Waals surface area (Å²) in [5.74, 6) is -0.198. The molecule has 0 bridgehead atoms. The summed E-state index contributed by atoms with van der Waals surface area (Å²) in [7, 11) is 2.98. The Bertz CT molecular complexity index is 838. The fraction of sp³-hybridized carbons (Fsp3) is 0.167. The lowest BCUT2D eigenvalue weighted by Gasteiger charge is -2.11. The highest BCUT2D eigenvalue weighted by molar-refractivity contribution is 8.14. The maximum Gasteiger partial charge on any atom is 0.252 e. The van der Waals surface area contributed by atoms with Gasteiger partial charge in [0.05, 0.1) is 31.9 Å². The summed E-state index contributed by atoms with van der Waals surface area (Å²) in [5, 5.41) is 2.12. The smallest absolute Gasteiger partial charge is 0.252 e. The number of carbonyl (C=O) groups is 3. The highest BCUT2D eigenvalue weighted by Crippen LogP contribution is 2.32. The van der Waals surface area contributed by atoms with E-state index in [1.165, 1.54) is 14.2 Å². The Kier molecular flexibility index (Phi) is 6.62. The molecule has 0 atom stereocenters. The molecule has 2 aromatic rings. The predicted octanol–water partition coefficient (Wildman–Crippen LogP) is 1.85. The summed E-state index contributed by atoms with van der Waals surface area (Å²) < 4.78 is 10.4. The minimum Gasteiger partial charge on any atom is -0.497 e. The van der Waals surface area contributed by atoms with Crippen LogP contribution in [-0.4, -0.2) is 37.7 Å². The number of primary amides is 1. The highest BCUT2D eigenvalue weighted by atomic mass is 32.2. The number of nitrogens with two attached hydrogens (primary N) is 1. The standard InChI is InChI=1S/C18H18N2O5S/c1-24-11-7-8-12(14(9-11)25-2)18(23)26-15-6-4-3-5-13(15)17(22)20-10-16(19)21/h3-9H,10H2,1-2H3,(H2,19,21)(H,20,22). The quantitative estimate of drug-likeness (QED) is 0.716. The van der Waals surface area contributed by atoms with Crippen LogP contribution in [0.4, 0.5) is 0 Å². The normalized spacial score (nSPS) is 10.1. The van der Waals surface area contributed by atoms with Crippen LogP contribution in [0.25, 0.3) is 0 Å². The number of nitrogens with one attached hydrogen (secondary N) is 1. The molecule has 0 aliphatic heterocycles. The minimum atomic E-state index is -0.650. The van der Waals surface area contributed by atoms with Gasteiger partial charge in [0.1, 0.15) is 11.5 Å². The SMILES string of the molecule is COc1ccc(C(=O)Sc2ccccc2C(=O)NCC(N)=O)c(OC)c1. The van der Waals surface area contributed by atoms with Crippen molar-refractivity contribution in [3.63, 3.8) is 0 Å². The molecule has 0 heterocycles. The van der Waals surface area contributed by atoms with Crippen LogP contribution in [0.1, 0.15) is 20.7 Å². The first kappa shape index (κ1) is 19.3. The van der Waals surface area contributed by atoms with Gasteiger partial charge < -0.3 is 20.5 Å². The van der Waals surface area contributed by atoms with Crippen molar-refractivity contribution in [3.05, 3.63) is 53.6 Å². The third kappa shape index (κ3) is 4.76. The number of benzene rings is 2. The number of hydrogen-bond acceptors (Lipinski definition) is 6. The first-order valence-electron chi connectivity index (χ1n) is 7.56. The molecule has 8 heteroatoms. The average molecular weight is 374 g/mol. The van der Waals surface area contributed by atoms with Gasteiger partial charge in [-0.05, 0) is 36.0 Å². The Balaban J connectivity index is 2.25. The van der Waals surface area contributed by atoms with Gasteiger partial charge in [0.15, 0.2) is 0 Å². The second-order valence-corrected chi connectivity index (χ2v) is 6.12. The zero-order valence-electron chi connectivity index (χ0n) is 14.3. The molecule has 136 valence electrons. The van der Waals surface area contributed by atoms with Crippen LogP contribution in [0.15, 0.2) is 47.4 Å². The first-order valence-corrected chi connectivity index (χ1v) is 8.37. The molecule has 0 fully saturated rings. The first-order chi connectivity index (χ1) is 12.5. The molecular weight excluding hydrogens is 356 g/mol. The molecule has 0 radical (unpaired) electrons. The number of rotatable bonds is 7. The van der Waals surface area contributed by atoms with Gasteiger partial charge in [-0.2, -0.15) is 0 Å². The Morgan fingerprint density at radius 1 is 1.04 bits per heavy atom. The third-order valence-corrected chi connectivity index (χ3v) is 4.37. The number of methoxy groups -OCH3 is 2. The summed E-state index contributed by atoms with van der Waals surface area (Å²) in [6.07, 6.45) is 0. The molecule has 0 saturated carbocycles. The van der Waals surface area contributed by atoms with E-state index >= 15 is 0 Å². The van der Waals surface area contributed by atoms with Crippen LogP contribution in [0.2, 0.25) is 0 Å². The molecular formula is C18H18N2O5S. The van der Waals surface area contributed by atoms with Crippen molar-refractivity contribution in [3.8, 4) is 11.5 Å². The van der Waals surface area contributed by atoms with E-state index in [1.807, 2.05) is 0 Å². The highest BCUT2D eigenvalue weighted by Gasteiger charge is 2.19. The van der Waals surface area contributed by atoms with E-state index < -0.39 is 11.8 Å². The second kappa shape index (κ2) is 8.91. The average Bonchev–Trinajstić information content (AvgIpc) is 2.65. The zero-order chi connectivity index (χ0) is 19.1. The van der Waals surface area contributed by atoms with Crippen molar-refractivity contribution in [2.24, 2.45) is 5.73 Å². The van der Waals surface area contributed by atoms with Crippen LogP contribution >= 0.6 is 11.8 Å². The summed E-state index contributed by atoms with van der Waals surface area (Å²) >= 11 is 0.892. The van der Waals surface area contributed by atoms with E-state index in [-0.39, 0.29) is 17.2 Å². The van der Waals surface area contributed by atoms with Gasteiger partial charge in [-0.1, -0.05) is 12.1 Å². The van der Waals surface area contributed by atoms with Crippen molar-refractivity contribution in [1.29, 1.82) is 0 Å². The summed E-state index contributed by atoms with van der Waals surface area (Å²) in [4.78, 5) is 36.2. The van der Waals surface area contributed by atoms with Crippen molar-refractivity contribution in [2.75, 3.05) is 20.8 Å². The van der Waals surface area contributed by atoms with Crippen LogP contribution in [0, 0.1) is 0 Å². The topological polar surface area (TPSA) is 108 Å². The second-order valence-electron chi connectivity index (χ2n) is 5.10. The molecule has 0 saturated heterocycles. The summed E-state index contributed by atoms with van der Waals surface area (Å²) in [5.41, 5.74) is 5.66. The molecule has 26 heavy (non-hydrogen) atoms. The number of hydrogen-bond donors (Lipinski definition) is 2. The number of ether oxygens (including phenoxy) is 2. The summed E-state index contributed by atoms with van der Waals surface area (Å²) in [6, 6.07) is 11.5. The van der Waals surface area contributed by atoms with E-state index in [0.717, 1.165) is 11.8 Å². The fourth-order valence-electron chi connectivity index (χ4n) is 2.13. The van der Waals surface area contributed by atoms with Crippen molar-refractivity contribution in [1.82, 2.24) is 5.32 Å². The van der Waals surface area contributed by atoms with E-state index in [4.69, 9.17) is 15.2 Å². The van der Waals surface area contributed by atoms with Crippen molar-refractivity contribution < 1.29 is 23.9 Å². The van der Waals surface area contributed by atoms with Gasteiger partial charge in [0.2, 0.25) is 11.0 Å². The zero-order valence-corrected chi connectivity index (χ0v) is 15.1. The Labute approximate surface area is 154 Å². The molecule has 2 rings (SSSR count). The fourth-order valence-corrected chi connectivity index (χ4v) is 3.02. The molecule has 0 aliphatic rings. The van der Waals surface area contributed by atoms with Crippen molar-refractivity contribution in [2.45, 2.75) is 4.90 Å². The lowest BCUT2D eigenvalue weighted by Crippen LogP contribution is -2.33. The number of carbonyl (C=O) groups excluding carboxylic acids is 3. The molecule has 0 aromatic heterocycles. The van der Waals surface area contributed by atoms with Gasteiger partial charge >= 0.3 is 0 Å². The Morgan fingerprint density at radius 2 is 1.77 bits per heavy atom. The van der Waals surface area contributed by atoms with E-state index in [9.17, 15) is 14.4 Å². The predicted molar refractivity (Wildman–Crippen MR) is 97.7 cm³/mol.